The lowest BCUT2D eigenvalue weighted by Crippen LogP contribution is -2.21. The van der Waals surface area contributed by atoms with Crippen LogP contribution >= 0.6 is 0 Å². The van der Waals surface area contributed by atoms with Crippen LogP contribution in [0.4, 0.5) is 8.78 Å². The van der Waals surface area contributed by atoms with Crippen molar-refractivity contribution in [1.82, 2.24) is 9.78 Å². The summed E-state index contributed by atoms with van der Waals surface area (Å²) in [6.45, 7) is 0.783. The highest BCUT2D eigenvalue weighted by Crippen LogP contribution is 2.29. The van der Waals surface area contributed by atoms with Crippen LogP contribution in [0.15, 0.2) is 36.5 Å². The van der Waals surface area contributed by atoms with Crippen LogP contribution in [0.3, 0.4) is 0 Å². The lowest BCUT2D eigenvalue weighted by atomic mass is 10.1. The van der Waals surface area contributed by atoms with Gasteiger partial charge in [0.2, 0.25) is 0 Å². The average Bonchev–Trinajstić information content (AvgIpc) is 2.71. The molecule has 4 nitrogen and oxygen atoms in total. The first-order chi connectivity index (χ1) is 8.90. The van der Waals surface area contributed by atoms with Crippen molar-refractivity contribution < 1.29 is 18.7 Å². The van der Waals surface area contributed by atoms with Gasteiger partial charge in [-0.1, -0.05) is 30.3 Å². The SMILES string of the molecule is Cc1nn(CC(F)(F)c2ccccc2)cc1C(=O)O. The number of benzene rings is 1. The molecule has 2 rings (SSSR count). The number of aryl methyl sites for hydroxylation is 1. The molecule has 0 aliphatic rings. The fourth-order valence-corrected chi connectivity index (χ4v) is 1.79. The van der Waals surface area contributed by atoms with Crippen molar-refractivity contribution in [3.8, 4) is 0 Å². The molecule has 0 saturated heterocycles. The van der Waals surface area contributed by atoms with Gasteiger partial charge in [0.05, 0.1) is 5.69 Å². The third kappa shape index (κ3) is 2.78. The third-order valence-corrected chi connectivity index (χ3v) is 2.73. The second-order valence-electron chi connectivity index (χ2n) is 4.20. The van der Waals surface area contributed by atoms with Gasteiger partial charge >= 0.3 is 5.97 Å². The zero-order valence-electron chi connectivity index (χ0n) is 10.2. The summed E-state index contributed by atoms with van der Waals surface area (Å²) in [5.41, 5.74) is 0.0280. The van der Waals surface area contributed by atoms with Crippen LogP contribution in [0.2, 0.25) is 0 Å². The molecule has 0 amide bonds. The minimum Gasteiger partial charge on any atom is -0.478 e. The molecule has 0 atom stereocenters. The summed E-state index contributed by atoms with van der Waals surface area (Å²) in [6, 6.07) is 7.36. The number of hydrogen-bond acceptors (Lipinski definition) is 2. The second-order valence-corrected chi connectivity index (χ2v) is 4.20. The Bertz CT molecular complexity index is 594. The number of aromatic carboxylic acids is 1. The van der Waals surface area contributed by atoms with Gasteiger partial charge in [-0.2, -0.15) is 13.9 Å². The van der Waals surface area contributed by atoms with Gasteiger partial charge in [0.15, 0.2) is 0 Å². The number of nitrogens with zero attached hydrogens (tertiary/aromatic N) is 2. The predicted molar refractivity (Wildman–Crippen MR) is 64.3 cm³/mol. The van der Waals surface area contributed by atoms with Gasteiger partial charge in [-0.3, -0.25) is 4.68 Å². The Morgan fingerprint density at radius 3 is 2.53 bits per heavy atom. The Kier molecular flexibility index (Phi) is 3.33. The summed E-state index contributed by atoms with van der Waals surface area (Å²) in [4.78, 5) is 10.8. The highest BCUT2D eigenvalue weighted by Gasteiger charge is 2.32. The molecular weight excluding hydrogens is 254 g/mol. The molecule has 1 N–H and O–H groups in total. The van der Waals surface area contributed by atoms with Gasteiger partial charge in [0.1, 0.15) is 12.1 Å². The molecule has 0 radical (unpaired) electrons. The second kappa shape index (κ2) is 4.79. The first-order valence-electron chi connectivity index (χ1n) is 5.61. The number of hydrogen-bond donors (Lipinski definition) is 1. The van der Waals surface area contributed by atoms with E-state index in [2.05, 4.69) is 5.10 Å². The van der Waals surface area contributed by atoms with E-state index in [0.717, 1.165) is 10.9 Å². The Labute approximate surface area is 108 Å². The maximum atomic E-state index is 14.0. The van der Waals surface area contributed by atoms with Gasteiger partial charge in [-0.15, -0.1) is 0 Å². The molecule has 0 aliphatic carbocycles. The van der Waals surface area contributed by atoms with E-state index in [1.807, 2.05) is 0 Å². The number of halogens is 2. The van der Waals surface area contributed by atoms with E-state index < -0.39 is 18.4 Å². The van der Waals surface area contributed by atoms with Crippen LogP contribution in [0.25, 0.3) is 0 Å². The van der Waals surface area contributed by atoms with Crippen LogP contribution in [-0.2, 0) is 12.5 Å². The molecule has 19 heavy (non-hydrogen) atoms. The van der Waals surface area contributed by atoms with Gasteiger partial charge in [0, 0.05) is 11.8 Å². The van der Waals surface area contributed by atoms with Gasteiger partial charge in [-0.25, -0.2) is 4.79 Å². The van der Waals surface area contributed by atoms with Crippen molar-refractivity contribution in [2.24, 2.45) is 0 Å². The number of rotatable bonds is 4. The van der Waals surface area contributed by atoms with E-state index in [1.165, 1.54) is 31.2 Å². The number of carbonyl (C=O) groups is 1. The minimum atomic E-state index is -3.10. The zero-order valence-corrected chi connectivity index (χ0v) is 10.2. The van der Waals surface area contributed by atoms with Crippen LogP contribution in [0.5, 0.6) is 0 Å². The summed E-state index contributed by atoms with van der Waals surface area (Å²) < 4.78 is 28.9. The normalized spacial score (nSPS) is 11.5. The summed E-state index contributed by atoms with van der Waals surface area (Å²) in [5, 5.41) is 12.7. The molecule has 0 aliphatic heterocycles. The Morgan fingerprint density at radius 2 is 2.00 bits per heavy atom. The number of carboxylic acid groups (broad SMARTS) is 1. The smallest absolute Gasteiger partial charge is 0.339 e. The van der Waals surface area contributed by atoms with Gasteiger partial charge in [-0.05, 0) is 6.92 Å². The Morgan fingerprint density at radius 1 is 1.37 bits per heavy atom. The lowest BCUT2D eigenvalue weighted by Gasteiger charge is -2.16. The first kappa shape index (κ1) is 13.2. The van der Waals surface area contributed by atoms with E-state index >= 15 is 0 Å². The van der Waals surface area contributed by atoms with E-state index in [0.29, 0.717) is 0 Å². The van der Waals surface area contributed by atoms with E-state index in [4.69, 9.17) is 5.11 Å². The summed E-state index contributed by atoms with van der Waals surface area (Å²) in [6.07, 6.45) is 1.12. The van der Waals surface area contributed by atoms with Crippen LogP contribution in [0.1, 0.15) is 21.6 Å². The number of alkyl halides is 2. The van der Waals surface area contributed by atoms with E-state index in [9.17, 15) is 13.6 Å². The summed E-state index contributed by atoms with van der Waals surface area (Å²) in [7, 11) is 0. The highest BCUT2D eigenvalue weighted by atomic mass is 19.3. The number of carboxylic acids is 1. The fraction of sp³-hybridized carbons (Fsp3) is 0.231. The Balaban J connectivity index is 2.26. The molecule has 0 saturated carbocycles. The first-order valence-corrected chi connectivity index (χ1v) is 5.61. The highest BCUT2D eigenvalue weighted by molar-refractivity contribution is 5.88. The van der Waals surface area contributed by atoms with Crippen molar-refractivity contribution >= 4 is 5.97 Å². The van der Waals surface area contributed by atoms with Crippen molar-refractivity contribution in [1.29, 1.82) is 0 Å². The molecule has 6 heteroatoms. The van der Waals surface area contributed by atoms with Crippen molar-refractivity contribution in [3.05, 3.63) is 53.3 Å². The van der Waals surface area contributed by atoms with E-state index in [1.54, 1.807) is 6.07 Å². The molecular formula is C13H12F2N2O2. The van der Waals surface area contributed by atoms with Crippen molar-refractivity contribution in [2.75, 3.05) is 0 Å². The molecule has 0 spiro atoms. The lowest BCUT2D eigenvalue weighted by molar-refractivity contribution is -0.0255. The molecule has 0 unspecified atom stereocenters. The minimum absolute atomic E-state index is 0.0659. The maximum Gasteiger partial charge on any atom is 0.339 e. The van der Waals surface area contributed by atoms with Gasteiger partial charge in [0.25, 0.3) is 5.92 Å². The predicted octanol–water partition coefficient (Wildman–Crippen LogP) is 2.68. The maximum absolute atomic E-state index is 14.0. The summed E-state index contributed by atoms with van der Waals surface area (Å²) in [5.74, 6) is -4.28. The molecule has 100 valence electrons. The molecule has 0 bridgehead atoms. The summed E-state index contributed by atoms with van der Waals surface area (Å²) >= 11 is 0. The standard InChI is InChI=1S/C13H12F2N2O2/c1-9-11(12(18)19)7-17(16-9)8-13(14,15)10-5-3-2-4-6-10/h2-7H,8H2,1H3,(H,18,19). The average molecular weight is 266 g/mol. The topological polar surface area (TPSA) is 55.1 Å². The quantitative estimate of drug-likeness (QED) is 0.925. The molecule has 0 fully saturated rings. The molecule has 2 aromatic rings. The van der Waals surface area contributed by atoms with Crippen LogP contribution in [0, 0.1) is 6.92 Å². The van der Waals surface area contributed by atoms with E-state index in [-0.39, 0.29) is 16.8 Å². The van der Waals surface area contributed by atoms with Crippen molar-refractivity contribution in [2.45, 2.75) is 19.4 Å². The third-order valence-electron chi connectivity index (χ3n) is 2.73. The largest absolute Gasteiger partial charge is 0.478 e. The molecule has 1 aromatic carbocycles. The van der Waals surface area contributed by atoms with Crippen molar-refractivity contribution in [3.63, 3.8) is 0 Å². The number of aromatic nitrogens is 2. The Hall–Kier alpha value is -2.24. The fourth-order valence-electron chi connectivity index (χ4n) is 1.79. The van der Waals surface area contributed by atoms with Gasteiger partial charge < -0.3 is 5.11 Å². The molecule has 1 heterocycles. The molecule has 1 aromatic heterocycles. The monoisotopic (exact) mass is 266 g/mol. The zero-order chi connectivity index (χ0) is 14.0. The van der Waals surface area contributed by atoms with Crippen LogP contribution in [-0.4, -0.2) is 20.9 Å². The van der Waals surface area contributed by atoms with Crippen LogP contribution < -0.4 is 0 Å².